The Labute approximate surface area is 87.4 Å². The van der Waals surface area contributed by atoms with E-state index in [1.807, 2.05) is 0 Å². The normalized spacial score (nSPS) is 11.3. The topological polar surface area (TPSA) is 29.5 Å². The molecule has 3 heteroatoms. The van der Waals surface area contributed by atoms with Gasteiger partial charge in [-0.2, -0.15) is 0 Å². The molecule has 14 heavy (non-hydrogen) atoms. The summed E-state index contributed by atoms with van der Waals surface area (Å²) in [7, 11) is 1.72. The van der Waals surface area contributed by atoms with Crippen LogP contribution in [-0.4, -0.2) is 43.5 Å². The van der Waals surface area contributed by atoms with Crippen LogP contribution in [0.5, 0.6) is 0 Å². The molecule has 0 aliphatic carbocycles. The van der Waals surface area contributed by atoms with Crippen molar-refractivity contribution >= 4 is 5.78 Å². The largest absolute Gasteiger partial charge is 0.383 e. The maximum Gasteiger partial charge on any atom is 0.129 e. The number of carbonyl (C=O) groups excluding carboxylic acids is 1. The summed E-state index contributed by atoms with van der Waals surface area (Å²) in [5.74, 6) is 0.278. The van der Waals surface area contributed by atoms with Gasteiger partial charge in [0, 0.05) is 26.1 Å². The zero-order valence-electron chi connectivity index (χ0n) is 9.88. The molecule has 0 radical (unpaired) electrons. The minimum absolute atomic E-state index is 0.278. The van der Waals surface area contributed by atoms with Crippen molar-refractivity contribution < 1.29 is 9.53 Å². The first-order chi connectivity index (χ1) is 6.57. The molecule has 0 aromatic rings. The van der Waals surface area contributed by atoms with E-state index < -0.39 is 0 Å². The Morgan fingerprint density at radius 3 is 2.43 bits per heavy atom. The van der Waals surface area contributed by atoms with Crippen molar-refractivity contribution in [3.8, 4) is 0 Å². The van der Waals surface area contributed by atoms with E-state index in [1.54, 1.807) is 14.0 Å². The van der Waals surface area contributed by atoms with E-state index >= 15 is 0 Å². The third-order valence-corrected chi connectivity index (χ3v) is 2.29. The quantitative estimate of drug-likeness (QED) is 0.599. The molecule has 0 aliphatic heterocycles. The van der Waals surface area contributed by atoms with Crippen molar-refractivity contribution in [1.29, 1.82) is 0 Å². The Hall–Kier alpha value is -0.410. The molecule has 3 nitrogen and oxygen atoms in total. The van der Waals surface area contributed by atoms with Crippen molar-refractivity contribution in [2.75, 3.05) is 26.8 Å². The molecule has 0 aromatic heterocycles. The summed E-state index contributed by atoms with van der Waals surface area (Å²) in [6.07, 6.45) is 1.65. The number of methoxy groups -OCH3 is 1. The SMILES string of the molecule is COCCN(CCCC(C)=O)C(C)C. The standard InChI is InChI=1S/C11H23NO2/c1-10(2)12(8-9-14-4)7-5-6-11(3)13/h10H,5-9H2,1-4H3. The number of rotatable bonds is 8. The predicted molar refractivity (Wildman–Crippen MR) is 58.5 cm³/mol. The number of ether oxygens (including phenoxy) is 1. The number of carbonyl (C=O) groups is 1. The molecule has 0 atom stereocenters. The van der Waals surface area contributed by atoms with Gasteiger partial charge < -0.3 is 9.53 Å². The molecule has 84 valence electrons. The first-order valence-electron chi connectivity index (χ1n) is 5.30. The van der Waals surface area contributed by atoms with Gasteiger partial charge in [0.2, 0.25) is 0 Å². The van der Waals surface area contributed by atoms with E-state index in [9.17, 15) is 4.79 Å². The lowest BCUT2D eigenvalue weighted by Gasteiger charge is -2.25. The van der Waals surface area contributed by atoms with Crippen LogP contribution < -0.4 is 0 Å². The molecular formula is C11H23NO2. The molecule has 0 fully saturated rings. The van der Waals surface area contributed by atoms with Gasteiger partial charge in [-0.05, 0) is 33.7 Å². The summed E-state index contributed by atoms with van der Waals surface area (Å²) in [4.78, 5) is 13.1. The summed E-state index contributed by atoms with van der Waals surface area (Å²) in [6, 6.07) is 0.525. The Bertz CT molecular complexity index is 157. The van der Waals surface area contributed by atoms with Gasteiger partial charge in [-0.1, -0.05) is 0 Å². The molecule has 0 amide bonds. The summed E-state index contributed by atoms with van der Waals surface area (Å²) in [6.45, 7) is 8.69. The second-order valence-electron chi connectivity index (χ2n) is 3.93. The molecule has 0 bridgehead atoms. The minimum Gasteiger partial charge on any atom is -0.383 e. The van der Waals surface area contributed by atoms with Crippen LogP contribution in [0.15, 0.2) is 0 Å². The lowest BCUT2D eigenvalue weighted by atomic mass is 10.2. The van der Waals surface area contributed by atoms with Crippen LogP contribution in [0.4, 0.5) is 0 Å². The Kier molecular flexibility index (Phi) is 7.71. The fraction of sp³-hybridized carbons (Fsp3) is 0.909. The van der Waals surface area contributed by atoms with Crippen LogP contribution in [0.3, 0.4) is 0 Å². The van der Waals surface area contributed by atoms with E-state index in [0.29, 0.717) is 12.5 Å². The number of hydrogen-bond acceptors (Lipinski definition) is 3. The molecule has 0 aliphatic rings. The highest BCUT2D eigenvalue weighted by molar-refractivity contribution is 5.75. The smallest absolute Gasteiger partial charge is 0.129 e. The van der Waals surface area contributed by atoms with Crippen molar-refractivity contribution in [3.05, 3.63) is 0 Å². The number of ketones is 1. The molecule has 0 aromatic carbocycles. The zero-order valence-corrected chi connectivity index (χ0v) is 9.88. The Morgan fingerprint density at radius 2 is 2.00 bits per heavy atom. The summed E-state index contributed by atoms with van der Waals surface area (Å²) in [5, 5.41) is 0. The van der Waals surface area contributed by atoms with Crippen LogP contribution in [0.25, 0.3) is 0 Å². The molecule has 0 unspecified atom stereocenters. The summed E-state index contributed by atoms with van der Waals surface area (Å²) in [5.41, 5.74) is 0. The van der Waals surface area contributed by atoms with Crippen LogP contribution >= 0.6 is 0 Å². The average Bonchev–Trinajstić information content (AvgIpc) is 2.09. The van der Waals surface area contributed by atoms with E-state index in [2.05, 4.69) is 18.7 Å². The first kappa shape index (κ1) is 13.6. The monoisotopic (exact) mass is 201 g/mol. The molecule has 0 spiro atoms. The predicted octanol–water partition coefficient (Wildman–Crippen LogP) is 1.71. The Balaban J connectivity index is 3.67. The molecule has 0 saturated heterocycles. The number of nitrogens with zero attached hydrogens (tertiary/aromatic N) is 1. The van der Waals surface area contributed by atoms with Gasteiger partial charge >= 0.3 is 0 Å². The van der Waals surface area contributed by atoms with Gasteiger partial charge in [0.1, 0.15) is 5.78 Å². The van der Waals surface area contributed by atoms with Gasteiger partial charge in [0.25, 0.3) is 0 Å². The molecule has 0 N–H and O–H groups in total. The van der Waals surface area contributed by atoms with Gasteiger partial charge in [0.15, 0.2) is 0 Å². The average molecular weight is 201 g/mol. The van der Waals surface area contributed by atoms with Crippen molar-refractivity contribution in [3.63, 3.8) is 0 Å². The fourth-order valence-electron chi connectivity index (χ4n) is 1.37. The van der Waals surface area contributed by atoms with Crippen molar-refractivity contribution in [2.45, 2.75) is 39.7 Å². The first-order valence-corrected chi connectivity index (χ1v) is 5.30. The molecule has 0 saturated carbocycles. The third kappa shape index (κ3) is 7.04. The van der Waals surface area contributed by atoms with Gasteiger partial charge in [0.05, 0.1) is 6.61 Å². The highest BCUT2D eigenvalue weighted by Gasteiger charge is 2.08. The maximum absolute atomic E-state index is 10.8. The number of Topliss-reactive ketones (excluding diaryl/α,β-unsaturated/α-hetero) is 1. The van der Waals surface area contributed by atoms with Gasteiger partial charge in [-0.15, -0.1) is 0 Å². The van der Waals surface area contributed by atoms with E-state index in [1.165, 1.54) is 0 Å². The van der Waals surface area contributed by atoms with E-state index in [-0.39, 0.29) is 5.78 Å². The molecular weight excluding hydrogens is 178 g/mol. The highest BCUT2D eigenvalue weighted by atomic mass is 16.5. The second-order valence-corrected chi connectivity index (χ2v) is 3.93. The lowest BCUT2D eigenvalue weighted by Crippen LogP contribution is -2.34. The van der Waals surface area contributed by atoms with E-state index in [4.69, 9.17) is 4.74 Å². The van der Waals surface area contributed by atoms with Crippen LogP contribution in [-0.2, 0) is 9.53 Å². The maximum atomic E-state index is 10.8. The summed E-state index contributed by atoms with van der Waals surface area (Å²) < 4.78 is 5.04. The van der Waals surface area contributed by atoms with Gasteiger partial charge in [-0.25, -0.2) is 0 Å². The van der Waals surface area contributed by atoms with E-state index in [0.717, 1.165) is 26.1 Å². The zero-order chi connectivity index (χ0) is 11.0. The second kappa shape index (κ2) is 7.94. The van der Waals surface area contributed by atoms with Crippen molar-refractivity contribution in [1.82, 2.24) is 4.90 Å². The highest BCUT2D eigenvalue weighted by Crippen LogP contribution is 2.01. The van der Waals surface area contributed by atoms with Crippen LogP contribution in [0.2, 0.25) is 0 Å². The Morgan fingerprint density at radius 1 is 1.36 bits per heavy atom. The summed E-state index contributed by atoms with van der Waals surface area (Å²) >= 11 is 0. The van der Waals surface area contributed by atoms with Gasteiger partial charge in [-0.3, -0.25) is 4.90 Å². The third-order valence-electron chi connectivity index (χ3n) is 2.29. The number of hydrogen-bond donors (Lipinski definition) is 0. The molecule has 0 heterocycles. The minimum atomic E-state index is 0.278. The fourth-order valence-corrected chi connectivity index (χ4v) is 1.37. The van der Waals surface area contributed by atoms with Crippen molar-refractivity contribution in [2.24, 2.45) is 0 Å². The van der Waals surface area contributed by atoms with Crippen LogP contribution in [0, 0.1) is 0 Å². The van der Waals surface area contributed by atoms with Crippen LogP contribution in [0.1, 0.15) is 33.6 Å². The lowest BCUT2D eigenvalue weighted by molar-refractivity contribution is -0.117. The molecule has 0 rings (SSSR count).